The summed E-state index contributed by atoms with van der Waals surface area (Å²) >= 11 is 1.67. The summed E-state index contributed by atoms with van der Waals surface area (Å²) in [7, 11) is 1.96. The van der Waals surface area contributed by atoms with E-state index < -0.39 is 0 Å². The summed E-state index contributed by atoms with van der Waals surface area (Å²) in [6, 6.07) is 6.86. The number of likely N-dealkylation sites (N-methyl/N-ethyl adjacent to an activating group) is 1. The van der Waals surface area contributed by atoms with Crippen molar-refractivity contribution in [3.63, 3.8) is 0 Å². The number of hydrogen-bond donors (Lipinski definition) is 1. The highest BCUT2D eigenvalue weighted by molar-refractivity contribution is 7.19. The van der Waals surface area contributed by atoms with Crippen molar-refractivity contribution in [3.8, 4) is 0 Å². The lowest BCUT2D eigenvalue weighted by Crippen LogP contribution is -2.20. The minimum Gasteiger partial charge on any atom is -0.395 e. The van der Waals surface area contributed by atoms with E-state index in [0.717, 1.165) is 16.6 Å². The van der Waals surface area contributed by atoms with Gasteiger partial charge in [-0.05, 0) is 36.7 Å². The summed E-state index contributed by atoms with van der Waals surface area (Å²) in [5, 5.41) is 9.76. The number of rotatable bonds is 4. The van der Waals surface area contributed by atoms with Crippen LogP contribution >= 0.6 is 11.3 Å². The molecule has 2 nitrogen and oxygen atoms in total. The SMILES string of the molecule is CN(CCO)Cc1cc2cc(F)ccc2s1. The van der Waals surface area contributed by atoms with Gasteiger partial charge in [-0.2, -0.15) is 0 Å². The van der Waals surface area contributed by atoms with Gasteiger partial charge < -0.3 is 5.11 Å². The van der Waals surface area contributed by atoms with Gasteiger partial charge in [-0.25, -0.2) is 4.39 Å². The molecule has 0 radical (unpaired) electrons. The normalized spacial score (nSPS) is 11.5. The molecular formula is C12H14FNOS. The molecule has 0 saturated carbocycles. The van der Waals surface area contributed by atoms with Crippen molar-refractivity contribution in [3.05, 3.63) is 35.0 Å². The number of benzene rings is 1. The van der Waals surface area contributed by atoms with Gasteiger partial charge in [-0.3, -0.25) is 4.90 Å². The van der Waals surface area contributed by atoms with Crippen molar-refractivity contribution in [2.45, 2.75) is 6.54 Å². The molecule has 2 aromatic rings. The molecule has 0 fully saturated rings. The van der Waals surface area contributed by atoms with Crippen molar-refractivity contribution < 1.29 is 9.50 Å². The summed E-state index contributed by atoms with van der Waals surface area (Å²) in [6.07, 6.45) is 0. The van der Waals surface area contributed by atoms with Crippen LogP contribution in [0.5, 0.6) is 0 Å². The van der Waals surface area contributed by atoms with Crippen molar-refractivity contribution in [2.75, 3.05) is 20.2 Å². The fourth-order valence-corrected chi connectivity index (χ4v) is 2.79. The van der Waals surface area contributed by atoms with Gasteiger partial charge in [-0.15, -0.1) is 11.3 Å². The summed E-state index contributed by atoms with van der Waals surface area (Å²) in [4.78, 5) is 3.23. The van der Waals surface area contributed by atoms with Crippen LogP contribution < -0.4 is 0 Å². The molecule has 0 amide bonds. The number of halogens is 1. The number of fused-ring (bicyclic) bond motifs is 1. The molecule has 0 aliphatic heterocycles. The number of aliphatic hydroxyl groups is 1. The van der Waals surface area contributed by atoms with Gasteiger partial charge in [-0.1, -0.05) is 0 Å². The fraction of sp³-hybridized carbons (Fsp3) is 0.333. The zero-order chi connectivity index (χ0) is 11.5. The molecule has 2 rings (SSSR count). The van der Waals surface area contributed by atoms with Crippen LogP contribution in [0.15, 0.2) is 24.3 Å². The van der Waals surface area contributed by atoms with Crippen LogP contribution in [-0.2, 0) is 6.54 Å². The first kappa shape index (κ1) is 11.5. The van der Waals surface area contributed by atoms with E-state index in [0.29, 0.717) is 6.54 Å². The Labute approximate surface area is 97.9 Å². The Morgan fingerprint density at radius 1 is 1.38 bits per heavy atom. The molecule has 1 aromatic heterocycles. The molecule has 0 saturated heterocycles. The Morgan fingerprint density at radius 3 is 2.94 bits per heavy atom. The molecule has 0 unspecified atom stereocenters. The average molecular weight is 239 g/mol. The first-order chi connectivity index (χ1) is 7.69. The molecule has 16 heavy (non-hydrogen) atoms. The van der Waals surface area contributed by atoms with E-state index in [9.17, 15) is 4.39 Å². The fourth-order valence-electron chi connectivity index (χ4n) is 1.66. The monoisotopic (exact) mass is 239 g/mol. The maximum Gasteiger partial charge on any atom is 0.123 e. The minimum absolute atomic E-state index is 0.163. The minimum atomic E-state index is -0.194. The van der Waals surface area contributed by atoms with Gasteiger partial charge in [0.25, 0.3) is 0 Å². The Balaban J connectivity index is 2.19. The summed E-state index contributed by atoms with van der Waals surface area (Å²) < 4.78 is 14.1. The van der Waals surface area contributed by atoms with Crippen molar-refractivity contribution in [2.24, 2.45) is 0 Å². The molecular weight excluding hydrogens is 225 g/mol. The lowest BCUT2D eigenvalue weighted by atomic mass is 10.2. The smallest absolute Gasteiger partial charge is 0.123 e. The van der Waals surface area contributed by atoms with Gasteiger partial charge in [0.1, 0.15) is 5.82 Å². The largest absolute Gasteiger partial charge is 0.395 e. The molecule has 4 heteroatoms. The van der Waals surface area contributed by atoms with Crippen LogP contribution in [0.3, 0.4) is 0 Å². The molecule has 86 valence electrons. The number of thiophene rings is 1. The Kier molecular flexibility index (Phi) is 3.53. The molecule has 0 bridgehead atoms. The van der Waals surface area contributed by atoms with Crippen molar-refractivity contribution in [1.82, 2.24) is 4.90 Å². The second kappa shape index (κ2) is 4.91. The van der Waals surface area contributed by atoms with E-state index in [2.05, 4.69) is 0 Å². The summed E-state index contributed by atoms with van der Waals surface area (Å²) in [6.45, 7) is 1.61. The lowest BCUT2D eigenvalue weighted by Gasteiger charge is -2.12. The van der Waals surface area contributed by atoms with Gasteiger partial charge in [0.05, 0.1) is 6.61 Å². The van der Waals surface area contributed by atoms with Gasteiger partial charge in [0.2, 0.25) is 0 Å². The van der Waals surface area contributed by atoms with E-state index in [-0.39, 0.29) is 12.4 Å². The van der Waals surface area contributed by atoms with E-state index in [1.54, 1.807) is 17.4 Å². The highest BCUT2D eigenvalue weighted by Gasteiger charge is 2.05. The average Bonchev–Trinajstić information content (AvgIpc) is 2.59. The molecule has 0 atom stereocenters. The lowest BCUT2D eigenvalue weighted by molar-refractivity contribution is 0.218. The topological polar surface area (TPSA) is 23.5 Å². The van der Waals surface area contributed by atoms with Gasteiger partial charge >= 0.3 is 0 Å². The third-order valence-corrected chi connectivity index (χ3v) is 3.54. The molecule has 0 spiro atoms. The van der Waals surface area contributed by atoms with Gasteiger partial charge in [0, 0.05) is 22.7 Å². The van der Waals surface area contributed by atoms with Crippen LogP contribution in [-0.4, -0.2) is 30.2 Å². The molecule has 0 aliphatic rings. The van der Waals surface area contributed by atoms with Crippen LogP contribution in [0.25, 0.3) is 10.1 Å². The number of hydrogen-bond acceptors (Lipinski definition) is 3. The predicted molar refractivity (Wildman–Crippen MR) is 65.2 cm³/mol. The van der Waals surface area contributed by atoms with Crippen molar-refractivity contribution >= 4 is 21.4 Å². The molecule has 1 aromatic carbocycles. The highest BCUT2D eigenvalue weighted by Crippen LogP contribution is 2.26. The van der Waals surface area contributed by atoms with E-state index in [1.165, 1.54) is 10.9 Å². The van der Waals surface area contributed by atoms with Crippen molar-refractivity contribution in [1.29, 1.82) is 0 Å². The Hall–Kier alpha value is -0.970. The standard InChI is InChI=1S/C12H14FNOS/c1-14(4-5-15)8-11-7-9-6-10(13)2-3-12(9)16-11/h2-3,6-7,15H,4-5,8H2,1H3. The number of aliphatic hydroxyl groups excluding tert-OH is 1. The summed E-state index contributed by atoms with van der Waals surface area (Å²) in [5.74, 6) is -0.194. The summed E-state index contributed by atoms with van der Waals surface area (Å²) in [5.41, 5.74) is 0. The van der Waals surface area contributed by atoms with Crippen LogP contribution in [0.1, 0.15) is 4.88 Å². The maximum atomic E-state index is 13.0. The zero-order valence-corrected chi connectivity index (χ0v) is 9.93. The van der Waals surface area contributed by atoms with E-state index in [4.69, 9.17) is 5.11 Å². The first-order valence-corrected chi connectivity index (χ1v) is 5.98. The third-order valence-electron chi connectivity index (χ3n) is 2.44. The maximum absolute atomic E-state index is 13.0. The molecule has 1 N–H and O–H groups in total. The number of nitrogens with zero attached hydrogens (tertiary/aromatic N) is 1. The van der Waals surface area contributed by atoms with E-state index >= 15 is 0 Å². The van der Waals surface area contributed by atoms with Crippen LogP contribution in [0, 0.1) is 5.82 Å². The molecule has 0 aliphatic carbocycles. The van der Waals surface area contributed by atoms with Crippen LogP contribution in [0.4, 0.5) is 4.39 Å². The first-order valence-electron chi connectivity index (χ1n) is 5.16. The second-order valence-electron chi connectivity index (χ2n) is 3.86. The Morgan fingerprint density at radius 2 is 2.19 bits per heavy atom. The quantitative estimate of drug-likeness (QED) is 0.886. The van der Waals surface area contributed by atoms with Crippen LogP contribution in [0.2, 0.25) is 0 Å². The van der Waals surface area contributed by atoms with Gasteiger partial charge in [0.15, 0.2) is 0 Å². The Bertz CT molecular complexity index is 483. The molecule has 1 heterocycles. The second-order valence-corrected chi connectivity index (χ2v) is 5.02. The highest BCUT2D eigenvalue weighted by atomic mass is 32.1. The van der Waals surface area contributed by atoms with E-state index in [1.807, 2.05) is 24.1 Å². The zero-order valence-electron chi connectivity index (χ0n) is 9.11. The predicted octanol–water partition coefficient (Wildman–Crippen LogP) is 2.46. The third kappa shape index (κ3) is 2.58.